The van der Waals surface area contributed by atoms with Crippen molar-refractivity contribution in [3.63, 3.8) is 0 Å². The van der Waals surface area contributed by atoms with Crippen LogP contribution in [0.5, 0.6) is 0 Å². The molecule has 0 radical (unpaired) electrons. The Morgan fingerprint density at radius 2 is 2.25 bits per heavy atom. The number of carbonyl (C=O) groups is 1. The predicted octanol–water partition coefficient (Wildman–Crippen LogP) is 3.43. The van der Waals surface area contributed by atoms with Gasteiger partial charge in [-0.05, 0) is 30.8 Å². The van der Waals surface area contributed by atoms with Crippen molar-refractivity contribution in [3.05, 3.63) is 22.1 Å². The molecular formula is C13H18N4OS2. The topological polar surface area (TPSA) is 66.9 Å². The van der Waals surface area contributed by atoms with E-state index in [2.05, 4.69) is 33.8 Å². The van der Waals surface area contributed by atoms with E-state index in [0.717, 1.165) is 22.1 Å². The van der Waals surface area contributed by atoms with Gasteiger partial charge >= 0.3 is 0 Å². The average Bonchev–Trinajstić information content (AvgIpc) is 2.99. The highest BCUT2D eigenvalue weighted by atomic mass is 32.1. The van der Waals surface area contributed by atoms with Crippen molar-refractivity contribution in [1.29, 1.82) is 0 Å². The van der Waals surface area contributed by atoms with Gasteiger partial charge in [-0.25, -0.2) is 4.98 Å². The minimum Gasteiger partial charge on any atom is -0.351 e. The Morgan fingerprint density at radius 3 is 2.90 bits per heavy atom. The number of rotatable bonds is 6. The Bertz CT molecular complexity index is 563. The molecule has 0 aliphatic heterocycles. The summed E-state index contributed by atoms with van der Waals surface area (Å²) < 4.78 is 4.02. The third kappa shape index (κ3) is 4.01. The summed E-state index contributed by atoms with van der Waals surface area (Å²) in [4.78, 5) is 17.3. The lowest BCUT2D eigenvalue weighted by molar-refractivity contribution is 0.0947. The van der Waals surface area contributed by atoms with Gasteiger partial charge in [0.1, 0.15) is 5.69 Å². The van der Waals surface area contributed by atoms with Crippen LogP contribution in [0, 0.1) is 12.8 Å². The molecule has 7 heteroatoms. The highest BCUT2D eigenvalue weighted by molar-refractivity contribution is 7.15. The zero-order chi connectivity index (χ0) is 14.5. The molecule has 5 nitrogen and oxygen atoms in total. The third-order valence-electron chi connectivity index (χ3n) is 2.70. The van der Waals surface area contributed by atoms with Crippen molar-refractivity contribution in [2.24, 2.45) is 5.92 Å². The van der Waals surface area contributed by atoms with Gasteiger partial charge in [0.2, 0.25) is 0 Å². The van der Waals surface area contributed by atoms with E-state index in [-0.39, 0.29) is 5.91 Å². The van der Waals surface area contributed by atoms with Crippen LogP contribution < -0.4 is 10.6 Å². The zero-order valence-corrected chi connectivity index (χ0v) is 13.4. The van der Waals surface area contributed by atoms with Crippen molar-refractivity contribution in [2.75, 3.05) is 11.9 Å². The SMILES string of the molecule is Cc1sc(Nc2cnsc2)nc1C(=O)NCCC(C)C. The molecule has 0 unspecified atom stereocenters. The van der Waals surface area contributed by atoms with Crippen LogP contribution in [0.15, 0.2) is 11.6 Å². The van der Waals surface area contributed by atoms with Crippen LogP contribution in [0.25, 0.3) is 0 Å². The molecule has 20 heavy (non-hydrogen) atoms. The molecule has 0 saturated heterocycles. The molecule has 2 rings (SSSR count). The fourth-order valence-corrected chi connectivity index (χ4v) is 2.91. The molecule has 2 heterocycles. The van der Waals surface area contributed by atoms with Crippen LogP contribution in [0.3, 0.4) is 0 Å². The normalized spacial score (nSPS) is 10.8. The van der Waals surface area contributed by atoms with Crippen LogP contribution in [-0.2, 0) is 0 Å². The summed E-state index contributed by atoms with van der Waals surface area (Å²) in [5.41, 5.74) is 1.40. The fourth-order valence-electron chi connectivity index (χ4n) is 1.61. The maximum absolute atomic E-state index is 12.1. The van der Waals surface area contributed by atoms with Gasteiger partial charge in [-0.3, -0.25) is 4.79 Å². The van der Waals surface area contributed by atoms with Crippen molar-refractivity contribution >= 4 is 39.6 Å². The summed E-state index contributed by atoms with van der Waals surface area (Å²) in [6.45, 7) is 6.87. The molecule has 0 atom stereocenters. The Hall–Kier alpha value is -1.47. The molecule has 2 N–H and O–H groups in total. The maximum Gasteiger partial charge on any atom is 0.271 e. The molecule has 0 aliphatic rings. The maximum atomic E-state index is 12.1. The van der Waals surface area contributed by atoms with Gasteiger partial charge in [0, 0.05) is 16.8 Å². The van der Waals surface area contributed by atoms with Crippen molar-refractivity contribution in [3.8, 4) is 0 Å². The number of nitrogens with one attached hydrogen (secondary N) is 2. The average molecular weight is 310 g/mol. The number of aryl methyl sites for hydroxylation is 1. The van der Waals surface area contributed by atoms with Crippen LogP contribution in [0.2, 0.25) is 0 Å². The molecular weight excluding hydrogens is 292 g/mol. The highest BCUT2D eigenvalue weighted by Crippen LogP contribution is 2.25. The second-order valence-corrected chi connectivity index (χ2v) is 6.76. The summed E-state index contributed by atoms with van der Waals surface area (Å²) in [6.07, 6.45) is 2.71. The van der Waals surface area contributed by atoms with E-state index in [4.69, 9.17) is 0 Å². The van der Waals surface area contributed by atoms with Crippen LogP contribution in [0.1, 0.15) is 35.6 Å². The fraction of sp³-hybridized carbons (Fsp3) is 0.462. The van der Waals surface area contributed by atoms with Crippen LogP contribution in [0.4, 0.5) is 10.8 Å². The molecule has 1 amide bonds. The van der Waals surface area contributed by atoms with Gasteiger partial charge in [-0.1, -0.05) is 13.8 Å². The monoisotopic (exact) mass is 310 g/mol. The lowest BCUT2D eigenvalue weighted by atomic mass is 10.1. The van der Waals surface area contributed by atoms with Crippen molar-refractivity contribution < 1.29 is 4.79 Å². The first kappa shape index (κ1) is 14.9. The highest BCUT2D eigenvalue weighted by Gasteiger charge is 2.15. The lowest BCUT2D eigenvalue weighted by Gasteiger charge is -2.05. The smallest absolute Gasteiger partial charge is 0.271 e. The lowest BCUT2D eigenvalue weighted by Crippen LogP contribution is -2.26. The predicted molar refractivity (Wildman–Crippen MR) is 84.0 cm³/mol. The number of anilines is 2. The van der Waals surface area contributed by atoms with E-state index in [0.29, 0.717) is 18.2 Å². The van der Waals surface area contributed by atoms with Crippen LogP contribution in [-0.4, -0.2) is 21.8 Å². The molecule has 2 aromatic rings. The summed E-state index contributed by atoms with van der Waals surface area (Å²) in [6, 6.07) is 0. The van der Waals surface area contributed by atoms with Gasteiger partial charge in [-0.2, -0.15) is 4.37 Å². The van der Waals surface area contributed by atoms with Gasteiger partial charge < -0.3 is 10.6 Å². The van der Waals surface area contributed by atoms with Crippen LogP contribution >= 0.6 is 22.9 Å². The first-order valence-electron chi connectivity index (χ1n) is 6.48. The Labute approximate surface area is 126 Å². The van der Waals surface area contributed by atoms with E-state index in [1.807, 2.05) is 12.3 Å². The molecule has 0 bridgehead atoms. The number of aromatic nitrogens is 2. The summed E-state index contributed by atoms with van der Waals surface area (Å²) in [5, 5.41) is 8.68. The molecule has 0 aromatic carbocycles. The van der Waals surface area contributed by atoms with E-state index < -0.39 is 0 Å². The third-order valence-corrected chi connectivity index (χ3v) is 4.18. The number of hydrogen-bond acceptors (Lipinski definition) is 6. The van der Waals surface area contributed by atoms with E-state index in [1.54, 1.807) is 6.20 Å². The number of amides is 1. The van der Waals surface area contributed by atoms with Crippen molar-refractivity contribution in [1.82, 2.24) is 14.7 Å². The molecule has 0 aliphatic carbocycles. The molecule has 0 spiro atoms. The first-order chi connectivity index (χ1) is 9.56. The molecule has 0 fully saturated rings. The Kier molecular flexibility index (Phi) is 5.08. The van der Waals surface area contributed by atoms with Gasteiger partial charge in [0.05, 0.1) is 11.9 Å². The number of nitrogens with zero attached hydrogens (tertiary/aromatic N) is 2. The minimum atomic E-state index is -0.101. The van der Waals surface area contributed by atoms with Gasteiger partial charge in [0.15, 0.2) is 5.13 Å². The van der Waals surface area contributed by atoms with Crippen molar-refractivity contribution in [2.45, 2.75) is 27.2 Å². The Balaban J connectivity index is 1.98. The second-order valence-electron chi connectivity index (χ2n) is 4.90. The molecule has 108 valence electrons. The molecule has 2 aromatic heterocycles. The van der Waals surface area contributed by atoms with E-state index >= 15 is 0 Å². The van der Waals surface area contributed by atoms with Gasteiger partial charge in [-0.15, -0.1) is 11.3 Å². The number of carbonyl (C=O) groups excluding carboxylic acids is 1. The summed E-state index contributed by atoms with van der Waals surface area (Å²) in [5.74, 6) is 0.478. The van der Waals surface area contributed by atoms with Gasteiger partial charge in [0.25, 0.3) is 5.91 Å². The molecule has 0 saturated carbocycles. The summed E-state index contributed by atoms with van der Waals surface area (Å²) in [7, 11) is 0. The number of hydrogen-bond donors (Lipinski definition) is 2. The number of thiazole rings is 1. The summed E-state index contributed by atoms with van der Waals surface area (Å²) >= 11 is 2.85. The standard InChI is InChI=1S/C13H18N4OS2/c1-8(2)4-5-14-12(18)11-9(3)20-13(17-11)16-10-6-15-19-7-10/h6-8H,4-5H2,1-3H3,(H,14,18)(H,16,17). The minimum absolute atomic E-state index is 0.101. The van der Waals surface area contributed by atoms with E-state index in [9.17, 15) is 4.79 Å². The quantitative estimate of drug-likeness (QED) is 0.858. The van der Waals surface area contributed by atoms with E-state index in [1.165, 1.54) is 22.9 Å². The largest absolute Gasteiger partial charge is 0.351 e. The second kappa shape index (κ2) is 6.81. The first-order valence-corrected chi connectivity index (χ1v) is 8.13. The zero-order valence-electron chi connectivity index (χ0n) is 11.8. The Morgan fingerprint density at radius 1 is 1.45 bits per heavy atom.